The van der Waals surface area contributed by atoms with Crippen molar-refractivity contribution >= 4 is 10.2 Å². The van der Waals surface area contributed by atoms with Gasteiger partial charge in [0.2, 0.25) is 0 Å². The maximum absolute atomic E-state index is 12.7. The van der Waals surface area contributed by atoms with Crippen LogP contribution < -0.4 is 0 Å². The van der Waals surface area contributed by atoms with Crippen LogP contribution in [-0.2, 0) is 14.9 Å². The number of piperazine rings is 1. The van der Waals surface area contributed by atoms with E-state index in [2.05, 4.69) is 4.90 Å². The Balaban J connectivity index is 1.76. The summed E-state index contributed by atoms with van der Waals surface area (Å²) < 4.78 is 34.0. The summed E-state index contributed by atoms with van der Waals surface area (Å²) in [6, 6.07) is 0.495. The number of rotatable bonds is 2. The van der Waals surface area contributed by atoms with E-state index < -0.39 is 10.2 Å². The summed E-state index contributed by atoms with van der Waals surface area (Å²) in [5.41, 5.74) is 0. The summed E-state index contributed by atoms with van der Waals surface area (Å²) >= 11 is 0. The topological polar surface area (TPSA) is 53.1 Å². The molecule has 0 bridgehead atoms. The lowest BCUT2D eigenvalue weighted by Gasteiger charge is -2.43. The third-order valence-corrected chi connectivity index (χ3v) is 6.59. The highest BCUT2D eigenvalue weighted by molar-refractivity contribution is 7.86. The summed E-state index contributed by atoms with van der Waals surface area (Å²) in [6.45, 7) is 6.66. The molecule has 6 nitrogen and oxygen atoms in total. The Kier molecular flexibility index (Phi) is 3.83. The van der Waals surface area contributed by atoms with Gasteiger partial charge in [-0.1, -0.05) is 0 Å². The number of nitrogens with zero attached hydrogens (tertiary/aromatic N) is 3. The summed E-state index contributed by atoms with van der Waals surface area (Å²) in [7, 11) is -3.31. The molecule has 7 heteroatoms. The van der Waals surface area contributed by atoms with E-state index in [9.17, 15) is 8.42 Å². The normalized spacial score (nSPS) is 35.4. The number of fused-ring (bicyclic) bond motifs is 1. The zero-order valence-corrected chi connectivity index (χ0v) is 12.3. The minimum atomic E-state index is -3.31. The minimum Gasteiger partial charge on any atom is -0.379 e. The first-order chi connectivity index (χ1) is 9.09. The summed E-state index contributed by atoms with van der Waals surface area (Å²) in [4.78, 5) is 2.44. The van der Waals surface area contributed by atoms with Crippen molar-refractivity contribution in [3.8, 4) is 0 Å². The molecule has 3 saturated heterocycles. The minimum absolute atomic E-state index is 0.0715. The Morgan fingerprint density at radius 3 is 2.58 bits per heavy atom. The first-order valence-electron chi connectivity index (χ1n) is 7.18. The Bertz CT molecular complexity index is 422. The fourth-order valence-electron chi connectivity index (χ4n) is 3.41. The average Bonchev–Trinajstić information content (AvgIpc) is 2.85. The van der Waals surface area contributed by atoms with E-state index in [1.165, 1.54) is 6.42 Å². The van der Waals surface area contributed by atoms with E-state index >= 15 is 0 Å². The second kappa shape index (κ2) is 5.29. The highest BCUT2D eigenvalue weighted by Gasteiger charge is 2.42. The number of hydrogen-bond acceptors (Lipinski definition) is 4. The van der Waals surface area contributed by atoms with Crippen molar-refractivity contribution in [2.45, 2.75) is 31.8 Å². The van der Waals surface area contributed by atoms with Gasteiger partial charge in [-0.2, -0.15) is 17.0 Å². The molecule has 0 radical (unpaired) electrons. The number of hydrogen-bond donors (Lipinski definition) is 0. The molecule has 3 aliphatic rings. The van der Waals surface area contributed by atoms with Crippen molar-refractivity contribution in [2.24, 2.45) is 0 Å². The van der Waals surface area contributed by atoms with Crippen molar-refractivity contribution in [3.63, 3.8) is 0 Å². The smallest absolute Gasteiger partial charge is 0.282 e. The fourth-order valence-corrected chi connectivity index (χ4v) is 5.20. The SMILES string of the molecule is CC1CN2CCCC2CN1S(=O)(=O)N1CCOCC1. The molecule has 0 aliphatic carbocycles. The van der Waals surface area contributed by atoms with Crippen LogP contribution in [-0.4, -0.2) is 79.9 Å². The summed E-state index contributed by atoms with van der Waals surface area (Å²) in [5.74, 6) is 0. The van der Waals surface area contributed by atoms with Gasteiger partial charge in [0.25, 0.3) is 10.2 Å². The third-order valence-electron chi connectivity index (χ3n) is 4.47. The summed E-state index contributed by atoms with van der Waals surface area (Å²) in [5, 5.41) is 0. The van der Waals surface area contributed by atoms with Gasteiger partial charge in [-0.05, 0) is 26.3 Å². The molecule has 2 atom stereocenters. The second-order valence-corrected chi connectivity index (χ2v) is 7.61. The lowest BCUT2D eigenvalue weighted by molar-refractivity contribution is 0.0629. The fraction of sp³-hybridized carbons (Fsp3) is 1.00. The Labute approximate surface area is 115 Å². The predicted octanol–water partition coefficient (Wildman–Crippen LogP) is -0.268. The predicted molar refractivity (Wildman–Crippen MR) is 72.1 cm³/mol. The van der Waals surface area contributed by atoms with Crippen molar-refractivity contribution in [1.82, 2.24) is 13.5 Å². The van der Waals surface area contributed by atoms with Gasteiger partial charge in [0, 0.05) is 38.3 Å². The summed E-state index contributed by atoms with van der Waals surface area (Å²) in [6.07, 6.45) is 2.32. The zero-order chi connectivity index (χ0) is 13.5. The van der Waals surface area contributed by atoms with Gasteiger partial charge < -0.3 is 4.74 Å². The van der Waals surface area contributed by atoms with Gasteiger partial charge in [-0.15, -0.1) is 0 Å². The standard InChI is InChI=1S/C12H23N3O3S/c1-11-9-13-4-2-3-12(13)10-15(11)19(16,17)14-5-7-18-8-6-14/h11-12H,2-10H2,1H3. The van der Waals surface area contributed by atoms with Crippen molar-refractivity contribution in [3.05, 3.63) is 0 Å². The van der Waals surface area contributed by atoms with Gasteiger partial charge in [0.1, 0.15) is 0 Å². The van der Waals surface area contributed by atoms with Gasteiger partial charge in [0.05, 0.1) is 13.2 Å². The molecule has 2 unspecified atom stereocenters. The quantitative estimate of drug-likeness (QED) is 0.702. The van der Waals surface area contributed by atoms with Crippen molar-refractivity contribution in [1.29, 1.82) is 0 Å². The van der Waals surface area contributed by atoms with E-state index in [4.69, 9.17) is 4.74 Å². The largest absolute Gasteiger partial charge is 0.379 e. The van der Waals surface area contributed by atoms with E-state index in [1.54, 1.807) is 8.61 Å². The Morgan fingerprint density at radius 2 is 1.84 bits per heavy atom. The molecule has 0 aromatic rings. The van der Waals surface area contributed by atoms with Gasteiger partial charge in [0.15, 0.2) is 0 Å². The molecule has 0 N–H and O–H groups in total. The third kappa shape index (κ3) is 2.54. The molecule has 0 amide bonds. The molecule has 110 valence electrons. The van der Waals surface area contributed by atoms with Crippen molar-refractivity contribution in [2.75, 3.05) is 45.9 Å². The van der Waals surface area contributed by atoms with Gasteiger partial charge in [-0.25, -0.2) is 0 Å². The molecule has 0 saturated carbocycles. The molecule has 0 aromatic carbocycles. The van der Waals surface area contributed by atoms with Crippen LogP contribution in [0.25, 0.3) is 0 Å². The highest BCUT2D eigenvalue weighted by atomic mass is 32.2. The van der Waals surface area contributed by atoms with Crippen LogP contribution in [0.15, 0.2) is 0 Å². The average molecular weight is 289 g/mol. The van der Waals surface area contributed by atoms with Crippen LogP contribution >= 0.6 is 0 Å². The lowest BCUT2D eigenvalue weighted by Crippen LogP contribution is -2.60. The highest BCUT2D eigenvalue weighted by Crippen LogP contribution is 2.27. The monoisotopic (exact) mass is 289 g/mol. The van der Waals surface area contributed by atoms with Crippen LogP contribution in [0.2, 0.25) is 0 Å². The lowest BCUT2D eigenvalue weighted by atomic mass is 10.1. The van der Waals surface area contributed by atoms with Crippen LogP contribution in [0.3, 0.4) is 0 Å². The molecular formula is C12H23N3O3S. The second-order valence-electron chi connectivity index (χ2n) is 5.73. The Morgan fingerprint density at radius 1 is 1.11 bits per heavy atom. The van der Waals surface area contributed by atoms with Crippen LogP contribution in [0, 0.1) is 0 Å². The number of ether oxygens (including phenoxy) is 1. The van der Waals surface area contributed by atoms with Gasteiger partial charge >= 0.3 is 0 Å². The van der Waals surface area contributed by atoms with Gasteiger partial charge in [-0.3, -0.25) is 4.90 Å². The van der Waals surface area contributed by atoms with E-state index in [0.29, 0.717) is 38.9 Å². The number of morpholine rings is 1. The van der Waals surface area contributed by atoms with E-state index in [0.717, 1.165) is 19.5 Å². The molecule has 0 spiro atoms. The zero-order valence-electron chi connectivity index (χ0n) is 11.5. The molecule has 0 aromatic heterocycles. The van der Waals surface area contributed by atoms with E-state index in [1.807, 2.05) is 6.92 Å². The maximum Gasteiger partial charge on any atom is 0.282 e. The van der Waals surface area contributed by atoms with Crippen LogP contribution in [0.4, 0.5) is 0 Å². The molecule has 3 heterocycles. The van der Waals surface area contributed by atoms with Crippen LogP contribution in [0.1, 0.15) is 19.8 Å². The first-order valence-corrected chi connectivity index (χ1v) is 8.57. The molecule has 3 fully saturated rings. The van der Waals surface area contributed by atoms with Crippen molar-refractivity contribution < 1.29 is 13.2 Å². The molecule has 3 aliphatic heterocycles. The maximum atomic E-state index is 12.7. The first kappa shape index (κ1) is 13.8. The van der Waals surface area contributed by atoms with Crippen LogP contribution in [0.5, 0.6) is 0 Å². The molecule has 3 rings (SSSR count). The molecular weight excluding hydrogens is 266 g/mol. The van der Waals surface area contributed by atoms with E-state index in [-0.39, 0.29) is 6.04 Å². The Hall–Kier alpha value is -0.210. The molecule has 19 heavy (non-hydrogen) atoms.